The van der Waals surface area contributed by atoms with Crippen molar-refractivity contribution in [1.29, 1.82) is 0 Å². The van der Waals surface area contributed by atoms with Gasteiger partial charge in [0.05, 0.1) is 11.3 Å². The number of carbonyl (C=O) groups is 1. The lowest BCUT2D eigenvalue weighted by Gasteiger charge is -2.38. The smallest absolute Gasteiger partial charge is 0.256 e. The van der Waals surface area contributed by atoms with Gasteiger partial charge in [-0.2, -0.15) is 0 Å². The Morgan fingerprint density at radius 2 is 1.81 bits per heavy atom. The minimum Gasteiger partial charge on any atom is -0.333 e. The quantitative estimate of drug-likeness (QED) is 0.754. The lowest BCUT2D eigenvalue weighted by Crippen LogP contribution is -2.45. The first-order valence-electron chi connectivity index (χ1n) is 9.78. The third kappa shape index (κ3) is 3.59. The molecule has 4 aliphatic rings. The van der Waals surface area contributed by atoms with Crippen LogP contribution in [0.5, 0.6) is 0 Å². The van der Waals surface area contributed by atoms with E-state index in [9.17, 15) is 13.2 Å². The zero-order valence-corrected chi connectivity index (χ0v) is 16.1. The Morgan fingerprint density at radius 1 is 1.15 bits per heavy atom. The summed E-state index contributed by atoms with van der Waals surface area (Å²) in [6.07, 6.45) is 13.2. The lowest BCUT2D eigenvalue weighted by molar-refractivity contribution is -0.130. The van der Waals surface area contributed by atoms with Crippen LogP contribution in [0.1, 0.15) is 51.9 Å². The van der Waals surface area contributed by atoms with Gasteiger partial charge in [0.2, 0.25) is 0 Å². The molecule has 0 saturated heterocycles. The topological polar surface area (TPSA) is 70.1 Å². The predicted octanol–water partition coefficient (Wildman–Crippen LogP) is 2.44. The molecular weight excluding hydrogens is 350 g/mol. The zero-order valence-electron chi connectivity index (χ0n) is 15.3. The van der Waals surface area contributed by atoms with Gasteiger partial charge < -0.3 is 9.80 Å². The molecule has 6 nitrogen and oxygen atoms in total. The second-order valence-electron chi connectivity index (χ2n) is 7.87. The fraction of sp³-hybridized carbons (Fsp3) is 0.684. The van der Waals surface area contributed by atoms with E-state index in [0.29, 0.717) is 30.0 Å². The van der Waals surface area contributed by atoms with Crippen LogP contribution in [0.2, 0.25) is 0 Å². The van der Waals surface area contributed by atoms with Crippen LogP contribution in [0.15, 0.2) is 28.3 Å². The summed E-state index contributed by atoms with van der Waals surface area (Å²) >= 11 is 0. The maximum Gasteiger partial charge on any atom is 0.256 e. The normalized spacial score (nSPS) is 30.3. The van der Waals surface area contributed by atoms with Crippen molar-refractivity contribution in [1.82, 2.24) is 9.80 Å². The molecule has 0 radical (unpaired) electrons. The van der Waals surface area contributed by atoms with E-state index < -0.39 is 10.0 Å². The number of amidine groups is 1. The predicted molar refractivity (Wildman–Crippen MR) is 101 cm³/mol. The Kier molecular flexibility index (Phi) is 4.67. The molecule has 0 aromatic rings. The fourth-order valence-electron chi connectivity index (χ4n) is 4.29. The van der Waals surface area contributed by atoms with Crippen LogP contribution in [-0.4, -0.2) is 54.3 Å². The fourth-order valence-corrected chi connectivity index (χ4v) is 5.26. The molecule has 1 amide bonds. The van der Waals surface area contributed by atoms with Crippen molar-refractivity contribution in [3.05, 3.63) is 23.9 Å². The van der Waals surface area contributed by atoms with Gasteiger partial charge in [-0.25, -0.2) is 8.42 Å². The van der Waals surface area contributed by atoms with Crippen molar-refractivity contribution in [2.24, 2.45) is 10.3 Å². The summed E-state index contributed by atoms with van der Waals surface area (Å²) in [7, 11) is -3.37. The van der Waals surface area contributed by atoms with Gasteiger partial charge in [-0.15, -0.1) is 4.40 Å². The first kappa shape index (κ1) is 17.8. The number of nitrogens with zero attached hydrogens (tertiary/aromatic N) is 3. The van der Waals surface area contributed by atoms with Crippen molar-refractivity contribution in [2.45, 2.75) is 64.0 Å². The van der Waals surface area contributed by atoms with Crippen LogP contribution in [0, 0.1) is 5.92 Å². The number of amides is 1. The highest BCUT2D eigenvalue weighted by Crippen LogP contribution is 2.37. The molecule has 0 spiro atoms. The van der Waals surface area contributed by atoms with Gasteiger partial charge in [-0.3, -0.25) is 4.79 Å². The molecule has 26 heavy (non-hydrogen) atoms. The molecule has 4 rings (SSSR count). The number of fused-ring (bicyclic) bond motifs is 1. The Labute approximate surface area is 155 Å². The van der Waals surface area contributed by atoms with E-state index in [-0.39, 0.29) is 11.7 Å². The molecule has 142 valence electrons. The van der Waals surface area contributed by atoms with Gasteiger partial charge in [0.1, 0.15) is 5.84 Å². The van der Waals surface area contributed by atoms with Crippen LogP contribution >= 0.6 is 0 Å². The average molecular weight is 378 g/mol. The van der Waals surface area contributed by atoms with Crippen LogP contribution in [0.4, 0.5) is 0 Å². The molecule has 0 atom stereocenters. The van der Waals surface area contributed by atoms with Gasteiger partial charge in [0.15, 0.2) is 0 Å². The van der Waals surface area contributed by atoms with Gasteiger partial charge >= 0.3 is 0 Å². The summed E-state index contributed by atoms with van der Waals surface area (Å²) in [6.45, 7) is 2.61. The second kappa shape index (κ2) is 6.83. The summed E-state index contributed by atoms with van der Waals surface area (Å²) in [4.78, 5) is 17.2. The number of rotatable bonds is 4. The standard InChI is InChI=1S/C19H27N3O3S/c1-2-14-3-6-16(7-4-14)22(17-8-9-17)19(23)15-5-10-18-20-26(24,25)12-11-21(18)13-15/h5,10,13-14,16-17H,2-4,6-9,11-12H2,1H3. The third-order valence-corrected chi connectivity index (χ3v) is 7.20. The highest BCUT2D eigenvalue weighted by molar-refractivity contribution is 7.90. The largest absolute Gasteiger partial charge is 0.333 e. The molecule has 2 heterocycles. The van der Waals surface area contributed by atoms with E-state index in [0.717, 1.165) is 31.6 Å². The molecule has 2 saturated carbocycles. The Hall–Kier alpha value is -1.63. The number of carbonyl (C=O) groups excluding carboxylic acids is 1. The molecule has 0 N–H and O–H groups in total. The van der Waals surface area contributed by atoms with E-state index in [4.69, 9.17) is 0 Å². The van der Waals surface area contributed by atoms with Crippen LogP contribution in [0.25, 0.3) is 0 Å². The monoisotopic (exact) mass is 377 g/mol. The highest BCUT2D eigenvalue weighted by Gasteiger charge is 2.40. The van der Waals surface area contributed by atoms with Gasteiger partial charge in [-0.05, 0) is 56.6 Å². The summed E-state index contributed by atoms with van der Waals surface area (Å²) < 4.78 is 27.1. The Bertz CT molecular complexity index is 772. The zero-order chi connectivity index (χ0) is 18.3. The Morgan fingerprint density at radius 3 is 2.42 bits per heavy atom. The molecule has 0 aromatic heterocycles. The maximum absolute atomic E-state index is 13.3. The summed E-state index contributed by atoms with van der Waals surface area (Å²) in [5.41, 5.74) is 0.646. The van der Waals surface area contributed by atoms with Crippen molar-refractivity contribution >= 4 is 21.8 Å². The molecule has 2 fully saturated rings. The van der Waals surface area contributed by atoms with Crippen LogP contribution in [-0.2, 0) is 14.8 Å². The van der Waals surface area contributed by atoms with Gasteiger partial charge in [0.25, 0.3) is 15.9 Å². The van der Waals surface area contributed by atoms with E-state index >= 15 is 0 Å². The van der Waals surface area contributed by atoms with E-state index in [1.54, 1.807) is 23.3 Å². The minimum absolute atomic E-state index is 0.00428. The minimum atomic E-state index is -3.37. The summed E-state index contributed by atoms with van der Waals surface area (Å²) in [6, 6.07) is 0.737. The summed E-state index contributed by atoms with van der Waals surface area (Å²) in [5.74, 6) is 1.31. The van der Waals surface area contributed by atoms with Crippen LogP contribution in [0.3, 0.4) is 0 Å². The molecule has 2 aliphatic heterocycles. The first-order valence-corrected chi connectivity index (χ1v) is 11.4. The number of sulfonamides is 1. The van der Waals surface area contributed by atoms with Crippen molar-refractivity contribution in [3.63, 3.8) is 0 Å². The van der Waals surface area contributed by atoms with E-state index in [1.165, 1.54) is 19.3 Å². The van der Waals surface area contributed by atoms with Crippen molar-refractivity contribution in [2.75, 3.05) is 12.3 Å². The first-order chi connectivity index (χ1) is 12.5. The second-order valence-corrected chi connectivity index (χ2v) is 9.63. The molecule has 0 bridgehead atoms. The molecular formula is C19H27N3O3S. The molecule has 0 unspecified atom stereocenters. The highest BCUT2D eigenvalue weighted by atomic mass is 32.2. The van der Waals surface area contributed by atoms with Gasteiger partial charge in [0, 0.05) is 24.8 Å². The third-order valence-electron chi connectivity index (χ3n) is 6.03. The van der Waals surface area contributed by atoms with E-state index in [2.05, 4.69) is 16.2 Å². The number of hydrogen-bond donors (Lipinski definition) is 0. The molecule has 7 heteroatoms. The van der Waals surface area contributed by atoms with Crippen LogP contribution < -0.4 is 0 Å². The maximum atomic E-state index is 13.3. The average Bonchev–Trinajstić information content (AvgIpc) is 3.46. The van der Waals surface area contributed by atoms with Gasteiger partial charge in [-0.1, -0.05) is 13.3 Å². The Balaban J connectivity index is 1.51. The lowest BCUT2D eigenvalue weighted by atomic mass is 9.83. The molecule has 2 aliphatic carbocycles. The summed E-state index contributed by atoms with van der Waals surface area (Å²) in [5, 5.41) is 0. The SMILES string of the molecule is CCC1CCC(N(C(=O)C2=CN3CCS(=O)(=O)N=C3C=C2)C2CC2)CC1. The molecule has 0 aromatic carbocycles. The van der Waals surface area contributed by atoms with Crippen molar-refractivity contribution < 1.29 is 13.2 Å². The van der Waals surface area contributed by atoms with E-state index in [1.807, 2.05) is 0 Å². The number of hydrogen-bond acceptors (Lipinski definition) is 4. The van der Waals surface area contributed by atoms with Crippen molar-refractivity contribution in [3.8, 4) is 0 Å².